The van der Waals surface area contributed by atoms with E-state index < -0.39 is 5.97 Å². The Hall–Kier alpha value is -1.79. The average Bonchev–Trinajstić information content (AvgIpc) is 3.34. The van der Waals surface area contributed by atoms with Crippen LogP contribution in [0.25, 0.3) is 0 Å². The Morgan fingerprint density at radius 2 is 1.93 bits per heavy atom. The second-order valence-electron chi connectivity index (χ2n) is 8.38. The molecule has 0 radical (unpaired) electrons. The number of carboxylic acid groups (broad SMARTS) is 1. The summed E-state index contributed by atoms with van der Waals surface area (Å²) in [5.74, 6) is -0.836. The van der Waals surface area contributed by atoms with Gasteiger partial charge in [0.25, 0.3) is 0 Å². The summed E-state index contributed by atoms with van der Waals surface area (Å²) in [6, 6.07) is 7.95. The summed E-state index contributed by atoms with van der Waals surface area (Å²) in [4.78, 5) is 15.5. The fourth-order valence-electron chi connectivity index (χ4n) is 4.55. The normalized spacial score (nSPS) is 26.1. The first-order valence-corrected chi connectivity index (χ1v) is 10.6. The summed E-state index contributed by atoms with van der Waals surface area (Å²) >= 11 is 0. The van der Waals surface area contributed by atoms with Crippen LogP contribution in [-0.2, 0) is 9.53 Å². The Kier molecular flexibility index (Phi) is 7.18. The molecular weight excluding hydrogens is 354 g/mol. The number of aliphatic carboxylic acids is 1. The molecule has 2 atom stereocenters. The summed E-state index contributed by atoms with van der Waals surface area (Å²) < 4.78 is 4.99. The minimum atomic E-state index is -0.682. The smallest absolute Gasteiger partial charge is 0.306 e. The van der Waals surface area contributed by atoms with Gasteiger partial charge in [0.1, 0.15) is 0 Å². The van der Waals surface area contributed by atoms with Crippen molar-refractivity contribution in [2.45, 2.75) is 58.0 Å². The van der Waals surface area contributed by atoms with Gasteiger partial charge in [-0.2, -0.15) is 0 Å². The maximum absolute atomic E-state index is 10.3. The zero-order valence-electron chi connectivity index (χ0n) is 17.3. The number of hydrogen-bond donors (Lipinski definition) is 2. The second-order valence-corrected chi connectivity index (χ2v) is 8.38. The van der Waals surface area contributed by atoms with Crippen LogP contribution in [0.4, 0.5) is 11.4 Å². The van der Waals surface area contributed by atoms with E-state index >= 15 is 0 Å². The fourth-order valence-corrected chi connectivity index (χ4v) is 4.55. The summed E-state index contributed by atoms with van der Waals surface area (Å²) in [6.45, 7) is 9.33. The van der Waals surface area contributed by atoms with Crippen LogP contribution < -0.4 is 10.6 Å². The van der Waals surface area contributed by atoms with Crippen LogP contribution in [0.15, 0.2) is 18.2 Å². The molecule has 3 saturated heterocycles. The van der Waals surface area contributed by atoms with E-state index in [1.807, 2.05) is 6.07 Å². The number of nitrogens with zero attached hydrogens (tertiary/aromatic N) is 2. The highest BCUT2D eigenvalue weighted by molar-refractivity contribution is 5.69. The molecule has 0 aliphatic carbocycles. The van der Waals surface area contributed by atoms with Gasteiger partial charge in [-0.1, -0.05) is 0 Å². The SMILES string of the molecule is Cc1cc(N2CCC(N3CCCC3C)C2)ccc1N.O=C(O)C1CCOCC1. The van der Waals surface area contributed by atoms with E-state index in [0.717, 1.165) is 17.8 Å². The van der Waals surface area contributed by atoms with Crippen LogP contribution in [-0.4, -0.2) is 60.9 Å². The van der Waals surface area contributed by atoms with Crippen molar-refractivity contribution in [3.63, 3.8) is 0 Å². The zero-order chi connectivity index (χ0) is 20.1. The minimum absolute atomic E-state index is 0.154. The number of carbonyl (C=O) groups is 1. The number of likely N-dealkylation sites (tertiary alicyclic amines) is 1. The number of benzene rings is 1. The minimum Gasteiger partial charge on any atom is -0.481 e. The Balaban J connectivity index is 0.000000211. The first-order chi connectivity index (χ1) is 13.5. The van der Waals surface area contributed by atoms with E-state index in [1.165, 1.54) is 50.1 Å². The van der Waals surface area contributed by atoms with Gasteiger partial charge in [0, 0.05) is 49.8 Å². The molecule has 3 aliphatic rings. The van der Waals surface area contributed by atoms with Gasteiger partial charge >= 0.3 is 5.97 Å². The van der Waals surface area contributed by atoms with E-state index in [2.05, 4.69) is 35.8 Å². The Labute approximate surface area is 168 Å². The third-order valence-corrected chi connectivity index (χ3v) is 6.43. The third kappa shape index (κ3) is 5.17. The highest BCUT2D eigenvalue weighted by atomic mass is 16.5. The third-order valence-electron chi connectivity index (χ3n) is 6.43. The topological polar surface area (TPSA) is 79.0 Å². The highest BCUT2D eigenvalue weighted by Gasteiger charge is 2.32. The van der Waals surface area contributed by atoms with Gasteiger partial charge in [-0.3, -0.25) is 9.69 Å². The Morgan fingerprint density at radius 3 is 2.50 bits per heavy atom. The zero-order valence-corrected chi connectivity index (χ0v) is 17.3. The van der Waals surface area contributed by atoms with Gasteiger partial charge < -0.3 is 20.5 Å². The van der Waals surface area contributed by atoms with E-state index in [4.69, 9.17) is 15.6 Å². The van der Waals surface area contributed by atoms with Gasteiger partial charge in [-0.05, 0) is 76.3 Å². The molecule has 1 aromatic rings. The Bertz CT molecular complexity index is 660. The standard InChI is InChI=1S/C16H25N3.C6H10O3/c1-12-10-14(5-6-16(12)17)18-9-7-15(11-18)19-8-3-4-13(19)2;7-6(8)5-1-3-9-4-2-5/h5-6,10,13,15H,3-4,7-9,11,17H2,1-2H3;5H,1-4H2,(H,7,8). The molecule has 2 unspecified atom stereocenters. The first kappa shape index (κ1) is 20.9. The van der Waals surface area contributed by atoms with Crippen molar-refractivity contribution < 1.29 is 14.6 Å². The van der Waals surface area contributed by atoms with Crippen LogP contribution in [0.3, 0.4) is 0 Å². The monoisotopic (exact) mass is 389 g/mol. The second kappa shape index (κ2) is 9.61. The van der Waals surface area contributed by atoms with E-state index in [1.54, 1.807) is 0 Å². The van der Waals surface area contributed by atoms with Crippen LogP contribution in [0.2, 0.25) is 0 Å². The molecule has 6 heteroatoms. The number of anilines is 2. The largest absolute Gasteiger partial charge is 0.481 e. The van der Waals surface area contributed by atoms with Gasteiger partial charge in [0.15, 0.2) is 0 Å². The lowest BCUT2D eigenvalue weighted by Crippen LogP contribution is -2.39. The van der Waals surface area contributed by atoms with Gasteiger partial charge in [-0.15, -0.1) is 0 Å². The molecule has 0 amide bonds. The maximum Gasteiger partial charge on any atom is 0.306 e. The predicted molar refractivity (Wildman–Crippen MR) is 113 cm³/mol. The van der Waals surface area contributed by atoms with E-state index in [9.17, 15) is 4.79 Å². The van der Waals surface area contributed by atoms with Crippen LogP contribution in [0.5, 0.6) is 0 Å². The van der Waals surface area contributed by atoms with Gasteiger partial charge in [-0.25, -0.2) is 0 Å². The first-order valence-electron chi connectivity index (χ1n) is 10.6. The Morgan fingerprint density at radius 1 is 1.18 bits per heavy atom. The van der Waals surface area contributed by atoms with Crippen molar-refractivity contribution in [2.75, 3.05) is 43.5 Å². The van der Waals surface area contributed by atoms with Gasteiger partial charge in [0.2, 0.25) is 0 Å². The number of carboxylic acids is 1. The van der Waals surface area contributed by atoms with Gasteiger partial charge in [0.05, 0.1) is 5.92 Å². The molecule has 3 N–H and O–H groups in total. The van der Waals surface area contributed by atoms with E-state index in [-0.39, 0.29) is 5.92 Å². The lowest BCUT2D eigenvalue weighted by molar-refractivity contribution is -0.144. The van der Waals surface area contributed by atoms with Crippen molar-refractivity contribution in [1.29, 1.82) is 0 Å². The van der Waals surface area contributed by atoms with Crippen molar-refractivity contribution in [3.8, 4) is 0 Å². The number of nitrogens with two attached hydrogens (primary N) is 1. The van der Waals surface area contributed by atoms with Crippen molar-refractivity contribution in [2.24, 2.45) is 5.92 Å². The molecule has 0 spiro atoms. The lowest BCUT2D eigenvalue weighted by Gasteiger charge is -2.28. The fraction of sp³-hybridized carbons (Fsp3) is 0.682. The number of rotatable bonds is 3. The molecule has 3 fully saturated rings. The quantitative estimate of drug-likeness (QED) is 0.773. The summed E-state index contributed by atoms with van der Waals surface area (Å²) in [6.07, 6.45) is 5.40. The molecule has 156 valence electrons. The molecule has 0 bridgehead atoms. The number of nitrogen functional groups attached to an aromatic ring is 1. The molecule has 28 heavy (non-hydrogen) atoms. The maximum atomic E-state index is 10.3. The molecule has 0 aromatic heterocycles. The number of aryl methyl sites for hydroxylation is 1. The lowest BCUT2D eigenvalue weighted by atomic mass is 10.0. The summed E-state index contributed by atoms with van der Waals surface area (Å²) in [5.41, 5.74) is 9.33. The van der Waals surface area contributed by atoms with Crippen LogP contribution in [0, 0.1) is 12.8 Å². The number of ether oxygens (including phenoxy) is 1. The molecule has 6 nitrogen and oxygen atoms in total. The highest BCUT2D eigenvalue weighted by Crippen LogP contribution is 2.29. The van der Waals surface area contributed by atoms with E-state index in [0.29, 0.717) is 26.1 Å². The summed E-state index contributed by atoms with van der Waals surface area (Å²) in [7, 11) is 0. The molecule has 0 saturated carbocycles. The van der Waals surface area contributed by atoms with Crippen molar-refractivity contribution in [3.05, 3.63) is 23.8 Å². The van der Waals surface area contributed by atoms with Crippen molar-refractivity contribution >= 4 is 17.3 Å². The molecular formula is C22H35N3O3. The predicted octanol–water partition coefficient (Wildman–Crippen LogP) is 3.14. The number of hydrogen-bond acceptors (Lipinski definition) is 5. The van der Waals surface area contributed by atoms with Crippen LogP contribution >= 0.6 is 0 Å². The molecule has 4 rings (SSSR count). The van der Waals surface area contributed by atoms with Crippen molar-refractivity contribution in [1.82, 2.24) is 4.90 Å². The molecule has 3 heterocycles. The average molecular weight is 390 g/mol. The van der Waals surface area contributed by atoms with Crippen LogP contribution in [0.1, 0.15) is 44.6 Å². The summed E-state index contributed by atoms with van der Waals surface area (Å²) in [5, 5.41) is 8.48. The molecule has 3 aliphatic heterocycles. The molecule has 1 aromatic carbocycles.